The number of amides is 7. The molecule has 0 radical (unpaired) electrons. The summed E-state index contributed by atoms with van der Waals surface area (Å²) in [5.41, 5.74) is -2.69. The van der Waals surface area contributed by atoms with E-state index >= 15 is 0 Å². The molecule has 9 aromatic heterocycles. The first kappa shape index (κ1) is 96.0. The van der Waals surface area contributed by atoms with Crippen molar-refractivity contribution in [3.63, 3.8) is 0 Å². The number of aromatic nitrogens is 9. The summed E-state index contributed by atoms with van der Waals surface area (Å²) in [6, 6.07) is 5.42. The highest BCUT2D eigenvalue weighted by atomic mass is 79.9. The number of H-pyrrole nitrogens is 1. The topological polar surface area (TPSA) is 485 Å². The molecule has 558 valence electrons. The number of thiocarbonyl (C=S) groups is 1. The molecule has 0 spiro atoms. The first-order chi connectivity index (χ1) is 48.6. The van der Waals surface area contributed by atoms with Crippen LogP contribution in [0, 0.1) is 40.8 Å². The predicted molar refractivity (Wildman–Crippen MR) is 413 cm³/mol. The molecule has 0 saturated carbocycles. The molecule has 7 amide bonds. The highest BCUT2D eigenvalue weighted by molar-refractivity contribution is 9.10. The number of carbonyl (C=O) groups excluding carboxylic acids is 7. The van der Waals surface area contributed by atoms with Crippen molar-refractivity contribution in [2.75, 3.05) is 62.6 Å². The quantitative estimate of drug-likeness (QED) is 0.0602. The fourth-order valence-electron chi connectivity index (χ4n) is 5.54. The van der Waals surface area contributed by atoms with Crippen LogP contribution >= 0.6 is 155 Å². The Hall–Kier alpha value is -9.01. The van der Waals surface area contributed by atoms with E-state index in [1.165, 1.54) is 113 Å². The lowest BCUT2D eigenvalue weighted by Gasteiger charge is -1.98. The second-order valence-corrected chi connectivity index (χ2v) is 28.6. The Bertz CT molecular complexity index is 4810. The summed E-state index contributed by atoms with van der Waals surface area (Å²) < 4.78 is 37.0. The molecule has 9 heterocycles. The van der Waals surface area contributed by atoms with Gasteiger partial charge in [0.05, 0.1) is 21.8 Å². The van der Waals surface area contributed by atoms with Crippen LogP contribution in [0.5, 0.6) is 0 Å². The van der Waals surface area contributed by atoms with E-state index in [4.69, 9.17) is 49.6 Å². The summed E-state index contributed by atoms with van der Waals surface area (Å²) in [5, 5.41) is 24.4. The standard InChI is InChI=1S/C7H7N3O2S2.C7H7N3O2S.C6H7BrN2O2S.2C6H8N2O2S.2C5H6N2O2S.C5H6N2OS2.C3H2ClNOS.O2S.OS/c1-8-4-5(11)10(7(12)9-2)14-6(4)13-3;1-4-5(8-2)6(11)10(13-4)7(12)9-3;1-3-4(7)5(10)9(12-3)6(11)8-2;2*1-4-3-5(9)8(11-4)6(10)7-2;3*1-6-5(9)7-4(8)2-3-10-7;4-2-1-3(6)5-7-2;1-3-2;1-2/h2-3H3,(H,9,12);1,3H3,(H,9,12);1-2H3,(H,8,11);2*3H,1-2H3,(H,7,10);3*2-3H,1H3,(H,6,9);1H,(H,5,6);;. The molecule has 103 heavy (non-hydrogen) atoms. The van der Waals surface area contributed by atoms with E-state index < -0.39 is 40.8 Å². The number of nitrogens with one attached hydrogen (secondary N) is 9. The van der Waals surface area contributed by atoms with Crippen molar-refractivity contribution in [2.45, 2.75) is 31.9 Å². The minimum Gasteiger partial charge on any atom is -0.364 e. The fraction of sp³-hybridized carbons (Fsp3) is 0.260. The van der Waals surface area contributed by atoms with E-state index in [0.717, 1.165) is 135 Å². The van der Waals surface area contributed by atoms with Crippen molar-refractivity contribution < 1.29 is 46.2 Å². The Morgan fingerprint density at radius 3 is 1.03 bits per heavy atom. The summed E-state index contributed by atoms with van der Waals surface area (Å²) in [6.45, 7) is 20.5. The van der Waals surface area contributed by atoms with Gasteiger partial charge >= 0.3 is 53.8 Å². The largest absolute Gasteiger partial charge is 0.364 e. The molecule has 0 atom stereocenters. The zero-order valence-corrected chi connectivity index (χ0v) is 67.9. The number of rotatable bonds is 1. The van der Waals surface area contributed by atoms with E-state index in [0.29, 0.717) is 23.0 Å². The van der Waals surface area contributed by atoms with Crippen molar-refractivity contribution in [2.24, 2.45) is 0 Å². The predicted octanol–water partition coefficient (Wildman–Crippen LogP) is 4.85. The van der Waals surface area contributed by atoms with E-state index in [9.17, 15) is 76.7 Å². The SMILES string of the molecule is CNC(=O)n1sc(C)c(Br)c1=O.CNC(=O)n1sc(C)cc1=O.CNC(=O)n1sc(C)cc1=O.CNC(=O)n1sccc1=O.CNC(=O)n1sccc1=O.CNC(=S)n1sccc1=O.O=S.O=S=O.O=c1cc(Cl)s[nH]1.[C-]#[N+]c1c(C)sn(C(=O)NC)c1=O.[C-]#[N+]c1c(SC)sn(C(=O)NC)c1=O. The van der Waals surface area contributed by atoms with Crippen LogP contribution in [0.3, 0.4) is 0 Å². The van der Waals surface area contributed by atoms with Gasteiger partial charge in [0.25, 0.3) is 61.4 Å². The molecule has 0 bridgehead atoms. The molecule has 0 aromatic carbocycles. The normalized spacial score (nSPS) is 9.17. The molecule has 0 saturated heterocycles. The van der Waals surface area contributed by atoms with Crippen molar-refractivity contribution in [1.82, 2.24) is 78.6 Å². The maximum atomic E-state index is 11.5. The third-order valence-electron chi connectivity index (χ3n) is 9.96. The van der Waals surface area contributed by atoms with E-state index in [1.54, 1.807) is 57.1 Å². The first-order valence-electron chi connectivity index (χ1n) is 26.4. The van der Waals surface area contributed by atoms with Crippen LogP contribution in [-0.2, 0) is 24.1 Å². The third-order valence-corrected chi connectivity index (χ3v) is 21.1. The lowest BCUT2D eigenvalue weighted by Crippen LogP contribution is -2.30. The summed E-state index contributed by atoms with van der Waals surface area (Å²) >= 11 is 26.6. The number of aryl methyl sites for hydroxylation is 4. The first-order valence-corrected chi connectivity index (χ1v) is 37.4. The highest BCUT2D eigenvalue weighted by Gasteiger charge is 2.19. The van der Waals surface area contributed by atoms with Gasteiger partial charge in [-0.2, -0.15) is 40.3 Å². The minimum atomic E-state index is -0.750. The lowest BCUT2D eigenvalue weighted by atomic mass is 10.4. The Labute approximate surface area is 648 Å². The van der Waals surface area contributed by atoms with Crippen LogP contribution in [0.2, 0.25) is 4.34 Å². The van der Waals surface area contributed by atoms with Crippen LogP contribution in [0.1, 0.15) is 19.5 Å². The van der Waals surface area contributed by atoms with Gasteiger partial charge < -0.3 is 42.5 Å². The Kier molecular flexibility index (Phi) is 47.7. The molecule has 0 aliphatic heterocycles. The minimum absolute atomic E-state index is 0.0195. The number of aromatic amines is 1. The summed E-state index contributed by atoms with van der Waals surface area (Å²) in [4.78, 5) is 184. The van der Waals surface area contributed by atoms with Gasteiger partial charge in [-0.05, 0) is 73.6 Å². The van der Waals surface area contributed by atoms with Gasteiger partial charge in [-0.15, -0.1) is 11.8 Å². The number of hydrogen-bond donors (Lipinski definition) is 9. The van der Waals surface area contributed by atoms with Gasteiger partial charge in [-0.25, -0.2) is 47.2 Å². The van der Waals surface area contributed by atoms with Crippen LogP contribution in [0.4, 0.5) is 44.9 Å². The smallest absolute Gasteiger partial charge is 0.337 e. The van der Waals surface area contributed by atoms with Gasteiger partial charge in [-0.3, -0.25) is 47.5 Å². The van der Waals surface area contributed by atoms with Crippen molar-refractivity contribution in [1.29, 1.82) is 0 Å². The average molecular weight is 1760 g/mol. The Balaban J connectivity index is 0. The van der Waals surface area contributed by atoms with Gasteiger partial charge in [-0.1, -0.05) is 104 Å². The second-order valence-electron chi connectivity index (χ2n) is 16.5. The number of carbonyl (C=O) groups is 7. The Morgan fingerprint density at radius 2 is 0.796 bits per heavy atom. The highest BCUT2D eigenvalue weighted by Crippen LogP contribution is 2.29. The summed E-state index contributed by atoms with van der Waals surface area (Å²) in [7, 11) is 12.0. The molecule has 9 aromatic rings. The van der Waals surface area contributed by atoms with E-state index in [1.807, 2.05) is 0 Å². The zero-order chi connectivity index (χ0) is 79.6. The fourth-order valence-corrected chi connectivity index (χ4v) is 13.6. The number of halogens is 2. The second kappa shape index (κ2) is 51.2. The molecule has 0 unspecified atom stereocenters. The summed E-state index contributed by atoms with van der Waals surface area (Å²) in [5.74, 6) is 0. The maximum absolute atomic E-state index is 11.5. The zero-order valence-electron chi connectivity index (χ0n) is 55.0. The van der Waals surface area contributed by atoms with Gasteiger partial charge in [0, 0.05) is 128 Å². The monoisotopic (exact) mass is 1760 g/mol. The molecule has 0 aliphatic carbocycles. The van der Waals surface area contributed by atoms with E-state index in [-0.39, 0.29) is 74.4 Å². The van der Waals surface area contributed by atoms with Crippen LogP contribution in [0.15, 0.2) is 104 Å². The molecule has 9 rings (SSSR count). The molecule has 0 aliphatic rings. The molecule has 53 heteroatoms. The van der Waals surface area contributed by atoms with Gasteiger partial charge in [0.15, 0.2) is 17.6 Å². The molecule has 38 nitrogen and oxygen atoms in total. The lowest BCUT2D eigenvalue weighted by molar-refractivity contribution is 0.245. The number of thioether (sulfide) groups is 1. The molecule has 9 N–H and O–H groups in total. The van der Waals surface area contributed by atoms with Crippen molar-refractivity contribution in [3.05, 3.63) is 197 Å². The van der Waals surface area contributed by atoms with Crippen LogP contribution < -0.4 is 92.6 Å². The maximum Gasteiger partial charge on any atom is 0.337 e. The molecule has 0 fully saturated rings. The van der Waals surface area contributed by atoms with Crippen LogP contribution in [-0.4, -0.2) is 159 Å². The number of nitrogens with zero attached hydrogens (tertiary/aromatic N) is 10. The molecular weight excluding hydrogens is 1700 g/mol. The van der Waals surface area contributed by atoms with E-state index in [2.05, 4.69) is 85.1 Å². The van der Waals surface area contributed by atoms with Crippen LogP contribution in [0.25, 0.3) is 9.69 Å². The Morgan fingerprint density at radius 1 is 0.476 bits per heavy atom. The van der Waals surface area contributed by atoms with Gasteiger partial charge in [0.1, 0.15) is 4.34 Å². The third kappa shape index (κ3) is 31.6. The van der Waals surface area contributed by atoms with Crippen molar-refractivity contribution >= 4 is 238 Å². The number of hydrogen-bond acceptors (Lipinski definition) is 31. The average Bonchev–Trinajstić information content (AvgIpc) is 1.69. The molecular formula is C50H57BrClN19O19S13. The van der Waals surface area contributed by atoms with Gasteiger partial charge in [0.2, 0.25) is 0 Å². The summed E-state index contributed by atoms with van der Waals surface area (Å²) in [6.07, 6.45) is 1.76. The van der Waals surface area contributed by atoms with Crippen molar-refractivity contribution in [3.8, 4) is 0 Å².